The van der Waals surface area contributed by atoms with E-state index in [1.54, 1.807) is 29.2 Å². The van der Waals surface area contributed by atoms with Crippen LogP contribution < -0.4 is 0 Å². The van der Waals surface area contributed by atoms with Crippen LogP contribution in [-0.4, -0.2) is 51.8 Å². The van der Waals surface area contributed by atoms with E-state index in [1.807, 2.05) is 30.3 Å². The molecule has 2 aromatic carbocycles. The van der Waals surface area contributed by atoms with Crippen molar-refractivity contribution in [3.8, 4) is 11.5 Å². The smallest absolute Gasteiger partial charge is 0.335 e. The molecule has 2 heterocycles. The normalized spacial score (nSPS) is 16.4. The summed E-state index contributed by atoms with van der Waals surface area (Å²) in [6.45, 7) is 1.13. The number of carbonyl (C=O) groups excluding carboxylic acids is 1. The van der Waals surface area contributed by atoms with Gasteiger partial charge in [0.15, 0.2) is 5.82 Å². The number of morpholine rings is 1. The molecule has 4 rings (SSSR count). The zero-order chi connectivity index (χ0) is 20.9. The molecule has 1 N–H and O–H groups in total. The highest BCUT2D eigenvalue weighted by Gasteiger charge is 2.32. The van der Waals surface area contributed by atoms with Crippen LogP contribution in [0, 0.1) is 0 Å². The van der Waals surface area contributed by atoms with Crippen molar-refractivity contribution in [2.24, 2.45) is 0 Å². The highest BCUT2D eigenvalue weighted by atomic mass is 16.5. The van der Waals surface area contributed by atoms with Gasteiger partial charge in [-0.3, -0.25) is 4.79 Å². The molecule has 0 aliphatic carbocycles. The number of carboxylic acids is 1. The van der Waals surface area contributed by atoms with Crippen molar-refractivity contribution in [1.29, 1.82) is 0 Å². The SMILES string of the molecule is O=C(O)c1ccccc1CCC(=O)N1CCOCC1c1noc(-c2ccccc2)n1. The molecule has 1 aliphatic heterocycles. The fraction of sp³-hybridized carbons (Fsp3) is 0.273. The van der Waals surface area contributed by atoms with Gasteiger partial charge >= 0.3 is 5.97 Å². The maximum Gasteiger partial charge on any atom is 0.335 e. The number of hydrogen-bond donors (Lipinski definition) is 1. The molecule has 1 fully saturated rings. The Hall–Kier alpha value is -3.52. The number of carbonyl (C=O) groups is 2. The molecule has 0 saturated carbocycles. The third kappa shape index (κ3) is 4.23. The summed E-state index contributed by atoms with van der Waals surface area (Å²) in [7, 11) is 0. The first-order valence-corrected chi connectivity index (χ1v) is 9.71. The Kier molecular flexibility index (Phi) is 5.85. The molecule has 30 heavy (non-hydrogen) atoms. The lowest BCUT2D eigenvalue weighted by Gasteiger charge is -2.33. The van der Waals surface area contributed by atoms with Gasteiger partial charge in [-0.25, -0.2) is 4.79 Å². The monoisotopic (exact) mass is 407 g/mol. The van der Waals surface area contributed by atoms with E-state index in [4.69, 9.17) is 9.26 Å². The van der Waals surface area contributed by atoms with Crippen molar-refractivity contribution in [1.82, 2.24) is 15.0 Å². The number of aromatic carboxylic acids is 1. The molecule has 1 unspecified atom stereocenters. The minimum Gasteiger partial charge on any atom is -0.478 e. The second-order valence-corrected chi connectivity index (χ2v) is 6.96. The fourth-order valence-electron chi connectivity index (χ4n) is 3.52. The number of carboxylic acid groups (broad SMARTS) is 1. The zero-order valence-electron chi connectivity index (χ0n) is 16.2. The Labute approximate surface area is 173 Å². The van der Waals surface area contributed by atoms with Gasteiger partial charge in [-0.1, -0.05) is 41.6 Å². The van der Waals surface area contributed by atoms with E-state index >= 15 is 0 Å². The van der Waals surface area contributed by atoms with Gasteiger partial charge in [0, 0.05) is 18.5 Å². The molecule has 1 saturated heterocycles. The summed E-state index contributed by atoms with van der Waals surface area (Å²) in [5, 5.41) is 13.4. The van der Waals surface area contributed by atoms with Crippen molar-refractivity contribution in [3.63, 3.8) is 0 Å². The largest absolute Gasteiger partial charge is 0.478 e. The zero-order valence-corrected chi connectivity index (χ0v) is 16.2. The van der Waals surface area contributed by atoms with E-state index in [-0.39, 0.29) is 24.5 Å². The number of ether oxygens (including phenoxy) is 1. The number of hydrogen-bond acceptors (Lipinski definition) is 6. The summed E-state index contributed by atoms with van der Waals surface area (Å²) in [6.07, 6.45) is 0.525. The highest BCUT2D eigenvalue weighted by molar-refractivity contribution is 5.89. The van der Waals surface area contributed by atoms with Crippen LogP contribution in [0.1, 0.15) is 34.2 Å². The standard InChI is InChI=1S/C22H21N3O5/c26-19(11-10-15-6-4-5-9-17(15)22(27)28)25-12-13-29-14-18(25)20-23-21(30-24-20)16-7-2-1-3-8-16/h1-9,18H,10-14H2,(H,27,28). The van der Waals surface area contributed by atoms with Crippen molar-refractivity contribution >= 4 is 11.9 Å². The molecule has 1 amide bonds. The van der Waals surface area contributed by atoms with Crippen molar-refractivity contribution in [2.75, 3.05) is 19.8 Å². The quantitative estimate of drug-likeness (QED) is 0.670. The Morgan fingerprint density at radius 2 is 1.87 bits per heavy atom. The molecule has 3 aromatic rings. The van der Waals surface area contributed by atoms with Gasteiger partial charge < -0.3 is 19.3 Å². The number of aryl methyl sites for hydroxylation is 1. The third-order valence-electron chi connectivity index (χ3n) is 5.07. The molecule has 1 aromatic heterocycles. The molecule has 1 atom stereocenters. The minimum atomic E-state index is -0.998. The first kappa shape index (κ1) is 19.8. The Morgan fingerprint density at radius 1 is 1.10 bits per heavy atom. The predicted octanol–water partition coefficient (Wildman–Crippen LogP) is 2.97. The lowest BCUT2D eigenvalue weighted by molar-refractivity contribution is -0.140. The predicted molar refractivity (Wildman–Crippen MR) is 107 cm³/mol. The van der Waals surface area contributed by atoms with Crippen molar-refractivity contribution < 1.29 is 24.0 Å². The average molecular weight is 407 g/mol. The van der Waals surface area contributed by atoms with Gasteiger partial charge in [-0.05, 0) is 30.2 Å². The summed E-state index contributed by atoms with van der Waals surface area (Å²) < 4.78 is 10.9. The van der Waals surface area contributed by atoms with E-state index in [9.17, 15) is 14.7 Å². The van der Waals surface area contributed by atoms with E-state index in [2.05, 4.69) is 10.1 Å². The molecule has 8 heteroatoms. The van der Waals surface area contributed by atoms with Crippen LogP contribution in [0.3, 0.4) is 0 Å². The molecule has 0 radical (unpaired) electrons. The second kappa shape index (κ2) is 8.87. The van der Waals surface area contributed by atoms with Gasteiger partial charge in [-0.15, -0.1) is 0 Å². The van der Waals surface area contributed by atoms with E-state index in [0.717, 1.165) is 5.56 Å². The summed E-state index contributed by atoms with van der Waals surface area (Å²) >= 11 is 0. The van der Waals surface area contributed by atoms with Crippen molar-refractivity contribution in [3.05, 3.63) is 71.5 Å². The second-order valence-electron chi connectivity index (χ2n) is 6.96. The number of nitrogens with zero attached hydrogens (tertiary/aromatic N) is 3. The maximum atomic E-state index is 12.9. The maximum absolute atomic E-state index is 12.9. The third-order valence-corrected chi connectivity index (χ3v) is 5.07. The minimum absolute atomic E-state index is 0.102. The number of aromatic nitrogens is 2. The topological polar surface area (TPSA) is 106 Å². The average Bonchev–Trinajstić information content (AvgIpc) is 3.28. The van der Waals surface area contributed by atoms with Gasteiger partial charge in [0.2, 0.25) is 5.91 Å². The molecule has 1 aliphatic rings. The molecule has 8 nitrogen and oxygen atoms in total. The van der Waals surface area contributed by atoms with Crippen LogP contribution >= 0.6 is 0 Å². The van der Waals surface area contributed by atoms with E-state index in [1.165, 1.54) is 0 Å². The van der Waals surface area contributed by atoms with Gasteiger partial charge in [0.1, 0.15) is 6.04 Å². The molecule has 154 valence electrons. The van der Waals surface area contributed by atoms with Gasteiger partial charge in [-0.2, -0.15) is 4.98 Å². The summed E-state index contributed by atoms with van der Waals surface area (Å²) in [5.41, 5.74) is 1.65. The number of benzene rings is 2. The molecule has 0 spiro atoms. The lowest BCUT2D eigenvalue weighted by atomic mass is 10.0. The first-order chi connectivity index (χ1) is 14.6. The van der Waals surface area contributed by atoms with Crippen LogP contribution in [0.5, 0.6) is 0 Å². The van der Waals surface area contributed by atoms with Crippen LogP contribution in [0.15, 0.2) is 59.1 Å². The van der Waals surface area contributed by atoms with Crippen LogP contribution in [0.4, 0.5) is 0 Å². The summed E-state index contributed by atoms with van der Waals surface area (Å²) in [6, 6.07) is 15.7. The molecular formula is C22H21N3O5. The first-order valence-electron chi connectivity index (χ1n) is 9.71. The lowest BCUT2D eigenvalue weighted by Crippen LogP contribution is -2.44. The van der Waals surface area contributed by atoms with Gasteiger partial charge in [0.05, 0.1) is 18.8 Å². The Balaban J connectivity index is 1.48. The summed E-state index contributed by atoms with van der Waals surface area (Å²) in [5.74, 6) is -0.316. The summed E-state index contributed by atoms with van der Waals surface area (Å²) in [4.78, 5) is 30.5. The molecule has 0 bridgehead atoms. The van der Waals surface area contributed by atoms with E-state index < -0.39 is 12.0 Å². The van der Waals surface area contributed by atoms with Crippen LogP contribution in [0.2, 0.25) is 0 Å². The van der Waals surface area contributed by atoms with Crippen LogP contribution in [-0.2, 0) is 16.0 Å². The number of rotatable bonds is 6. The Bertz CT molecular complexity index is 1030. The van der Waals surface area contributed by atoms with Crippen LogP contribution in [0.25, 0.3) is 11.5 Å². The number of amides is 1. The van der Waals surface area contributed by atoms with Gasteiger partial charge in [0.25, 0.3) is 5.89 Å². The Morgan fingerprint density at radius 3 is 2.67 bits per heavy atom. The molecular weight excluding hydrogens is 386 g/mol. The fourth-order valence-corrected chi connectivity index (χ4v) is 3.52. The van der Waals surface area contributed by atoms with Crippen molar-refractivity contribution in [2.45, 2.75) is 18.9 Å². The highest BCUT2D eigenvalue weighted by Crippen LogP contribution is 2.26. The van der Waals surface area contributed by atoms with E-state index in [0.29, 0.717) is 36.9 Å².